The Hall–Kier alpha value is -2.53. The molecular formula is C15H14N4O. The Morgan fingerprint density at radius 2 is 1.95 bits per heavy atom. The van der Waals surface area contributed by atoms with Crippen LogP contribution in [0.1, 0.15) is 17.5 Å². The van der Waals surface area contributed by atoms with Crippen LogP contribution in [0.2, 0.25) is 0 Å². The zero-order chi connectivity index (χ0) is 13.8. The fraction of sp³-hybridized carbons (Fsp3) is 0.133. The second-order valence-electron chi connectivity index (χ2n) is 4.49. The second-order valence-corrected chi connectivity index (χ2v) is 4.49. The fourth-order valence-corrected chi connectivity index (χ4v) is 1.95. The smallest absolute Gasteiger partial charge is 0.244 e. The van der Waals surface area contributed by atoms with Gasteiger partial charge in [0.15, 0.2) is 0 Å². The molecule has 0 aliphatic rings. The molecule has 3 aromatic rings. The van der Waals surface area contributed by atoms with E-state index in [2.05, 4.69) is 15.1 Å². The molecule has 0 radical (unpaired) electrons. The third kappa shape index (κ3) is 2.73. The molecule has 20 heavy (non-hydrogen) atoms. The van der Waals surface area contributed by atoms with Crippen LogP contribution >= 0.6 is 0 Å². The number of nitrogens with zero attached hydrogens (tertiary/aromatic N) is 3. The fourth-order valence-electron chi connectivity index (χ4n) is 1.95. The Kier molecular flexibility index (Phi) is 3.52. The number of benzene rings is 1. The van der Waals surface area contributed by atoms with E-state index in [0.29, 0.717) is 18.1 Å². The van der Waals surface area contributed by atoms with Crippen molar-refractivity contribution < 1.29 is 4.52 Å². The molecule has 0 aliphatic carbocycles. The van der Waals surface area contributed by atoms with Gasteiger partial charge in [0.25, 0.3) is 0 Å². The molecule has 0 saturated heterocycles. The molecule has 1 aromatic carbocycles. The molecule has 0 bridgehead atoms. The molecular weight excluding hydrogens is 252 g/mol. The highest BCUT2D eigenvalue weighted by atomic mass is 16.5. The minimum Gasteiger partial charge on any atom is -0.337 e. The number of aromatic nitrogens is 3. The molecule has 5 heteroatoms. The van der Waals surface area contributed by atoms with Crippen molar-refractivity contribution >= 4 is 0 Å². The normalized spacial score (nSPS) is 12.2. The van der Waals surface area contributed by atoms with Gasteiger partial charge >= 0.3 is 0 Å². The highest BCUT2D eigenvalue weighted by Crippen LogP contribution is 2.19. The van der Waals surface area contributed by atoms with Crippen LogP contribution in [0, 0.1) is 0 Å². The van der Waals surface area contributed by atoms with Crippen molar-refractivity contribution in [3.8, 4) is 11.4 Å². The van der Waals surface area contributed by atoms with Crippen molar-refractivity contribution in [3.05, 3.63) is 66.3 Å². The van der Waals surface area contributed by atoms with Crippen LogP contribution in [0.4, 0.5) is 0 Å². The van der Waals surface area contributed by atoms with E-state index in [-0.39, 0.29) is 6.04 Å². The van der Waals surface area contributed by atoms with Gasteiger partial charge in [-0.05, 0) is 24.1 Å². The topological polar surface area (TPSA) is 77.8 Å². The van der Waals surface area contributed by atoms with Crippen molar-refractivity contribution in [3.63, 3.8) is 0 Å². The zero-order valence-electron chi connectivity index (χ0n) is 10.8. The lowest BCUT2D eigenvalue weighted by Gasteiger charge is -2.05. The summed E-state index contributed by atoms with van der Waals surface area (Å²) in [7, 11) is 0. The first-order valence-electron chi connectivity index (χ1n) is 6.36. The summed E-state index contributed by atoms with van der Waals surface area (Å²) in [5, 5.41) is 3.94. The molecule has 2 heterocycles. The van der Waals surface area contributed by atoms with Crippen LogP contribution in [-0.2, 0) is 6.42 Å². The first-order chi connectivity index (χ1) is 9.83. The van der Waals surface area contributed by atoms with Gasteiger partial charge in [0.05, 0.1) is 6.04 Å². The van der Waals surface area contributed by atoms with E-state index in [4.69, 9.17) is 10.3 Å². The summed E-state index contributed by atoms with van der Waals surface area (Å²) < 4.78 is 5.24. The Bertz CT molecular complexity index is 667. The lowest BCUT2D eigenvalue weighted by Crippen LogP contribution is -2.13. The van der Waals surface area contributed by atoms with Crippen LogP contribution in [0.3, 0.4) is 0 Å². The summed E-state index contributed by atoms with van der Waals surface area (Å²) >= 11 is 0. The van der Waals surface area contributed by atoms with Crippen LogP contribution < -0.4 is 5.73 Å². The van der Waals surface area contributed by atoms with Gasteiger partial charge in [0.2, 0.25) is 11.7 Å². The lowest BCUT2D eigenvalue weighted by atomic mass is 10.1. The van der Waals surface area contributed by atoms with Crippen molar-refractivity contribution in [1.82, 2.24) is 15.1 Å². The summed E-state index contributed by atoms with van der Waals surface area (Å²) in [5.74, 6) is 0.948. The van der Waals surface area contributed by atoms with Crippen LogP contribution in [0.15, 0.2) is 59.4 Å². The summed E-state index contributed by atoms with van der Waals surface area (Å²) in [6.07, 6.45) is 4.05. The van der Waals surface area contributed by atoms with Gasteiger partial charge in [-0.25, -0.2) is 0 Å². The number of hydrogen-bond acceptors (Lipinski definition) is 5. The first kappa shape index (κ1) is 12.5. The van der Waals surface area contributed by atoms with E-state index in [1.807, 2.05) is 42.5 Å². The van der Waals surface area contributed by atoms with Gasteiger partial charge in [-0.2, -0.15) is 4.98 Å². The predicted octanol–water partition coefficient (Wildman–Crippen LogP) is 2.37. The lowest BCUT2D eigenvalue weighted by molar-refractivity contribution is 0.354. The van der Waals surface area contributed by atoms with E-state index < -0.39 is 0 Å². The maximum atomic E-state index is 6.11. The molecule has 5 nitrogen and oxygen atoms in total. The minimum atomic E-state index is -0.310. The van der Waals surface area contributed by atoms with E-state index in [1.54, 1.807) is 12.4 Å². The molecule has 2 N–H and O–H groups in total. The number of hydrogen-bond donors (Lipinski definition) is 1. The van der Waals surface area contributed by atoms with Crippen molar-refractivity contribution in [2.75, 3.05) is 0 Å². The van der Waals surface area contributed by atoms with Crippen molar-refractivity contribution in [1.29, 1.82) is 0 Å². The molecule has 0 fully saturated rings. The first-order valence-corrected chi connectivity index (χ1v) is 6.36. The Morgan fingerprint density at radius 1 is 1.10 bits per heavy atom. The number of rotatable bonds is 4. The van der Waals surface area contributed by atoms with Crippen LogP contribution in [0.5, 0.6) is 0 Å². The molecule has 0 unspecified atom stereocenters. The van der Waals surface area contributed by atoms with E-state index in [1.165, 1.54) is 0 Å². The molecule has 100 valence electrons. The minimum absolute atomic E-state index is 0.310. The maximum absolute atomic E-state index is 6.11. The zero-order valence-corrected chi connectivity index (χ0v) is 10.8. The summed E-state index contributed by atoms with van der Waals surface area (Å²) in [5.41, 5.74) is 8.06. The molecule has 2 aromatic heterocycles. The second kappa shape index (κ2) is 5.63. The molecule has 0 amide bonds. The van der Waals surface area contributed by atoms with Crippen molar-refractivity contribution in [2.24, 2.45) is 5.73 Å². The highest BCUT2D eigenvalue weighted by molar-refractivity contribution is 5.51. The molecule has 0 saturated carbocycles. The summed E-state index contributed by atoms with van der Waals surface area (Å²) in [6.45, 7) is 0. The molecule has 0 spiro atoms. The monoisotopic (exact) mass is 266 g/mol. The SMILES string of the molecule is N[C@@H](Cc1ccccc1)c1nc(-c2cccnc2)no1. The van der Waals surface area contributed by atoms with Crippen molar-refractivity contribution in [2.45, 2.75) is 12.5 Å². The van der Waals surface area contributed by atoms with Crippen LogP contribution in [-0.4, -0.2) is 15.1 Å². The molecule has 3 rings (SSSR count). The predicted molar refractivity (Wildman–Crippen MR) is 74.6 cm³/mol. The average molecular weight is 266 g/mol. The van der Waals surface area contributed by atoms with E-state index >= 15 is 0 Å². The van der Waals surface area contributed by atoms with E-state index in [9.17, 15) is 0 Å². The molecule has 1 atom stereocenters. The van der Waals surface area contributed by atoms with Gasteiger partial charge in [0.1, 0.15) is 0 Å². The third-order valence-corrected chi connectivity index (χ3v) is 2.98. The number of nitrogens with two attached hydrogens (primary N) is 1. The van der Waals surface area contributed by atoms with Gasteiger partial charge in [0, 0.05) is 18.0 Å². The Balaban J connectivity index is 1.77. The number of pyridine rings is 1. The standard InChI is InChI=1S/C15H14N4O/c16-13(9-11-5-2-1-3-6-11)15-18-14(19-20-15)12-7-4-8-17-10-12/h1-8,10,13H,9,16H2/t13-/m0/s1. The van der Waals surface area contributed by atoms with Gasteiger partial charge < -0.3 is 10.3 Å². The summed E-state index contributed by atoms with van der Waals surface area (Å²) in [4.78, 5) is 8.36. The van der Waals surface area contributed by atoms with Gasteiger partial charge in [-0.15, -0.1) is 0 Å². The van der Waals surface area contributed by atoms with Gasteiger partial charge in [-0.3, -0.25) is 4.98 Å². The van der Waals surface area contributed by atoms with Gasteiger partial charge in [-0.1, -0.05) is 35.5 Å². The average Bonchev–Trinajstić information content (AvgIpc) is 2.99. The Morgan fingerprint density at radius 3 is 2.70 bits per heavy atom. The molecule has 0 aliphatic heterocycles. The van der Waals surface area contributed by atoms with E-state index in [0.717, 1.165) is 11.1 Å². The van der Waals surface area contributed by atoms with Crippen LogP contribution in [0.25, 0.3) is 11.4 Å². The Labute approximate surface area is 116 Å². The largest absolute Gasteiger partial charge is 0.337 e. The third-order valence-electron chi connectivity index (χ3n) is 2.98. The summed E-state index contributed by atoms with van der Waals surface area (Å²) in [6, 6.07) is 13.4. The quantitative estimate of drug-likeness (QED) is 0.784. The highest BCUT2D eigenvalue weighted by Gasteiger charge is 2.16. The maximum Gasteiger partial charge on any atom is 0.244 e.